The standard InChI is InChI=1S/C26H36N6O7S2/c1-18-15-31(10-11-32(18)19(2)33)16-22-14-27-26(40-22)29-25(34)24(30-39-21-8-12-38-17-21)20-4-6-23(7-5-20)41(35,36)28-9-13-37-3/h4-7,14,18,21,28H,8-13,15-17H2,1-3H3,(H,27,29,34)/t18-,21+/m0/s1. The van der Waals surface area contributed by atoms with E-state index in [0.717, 1.165) is 18.0 Å². The molecular formula is C26H36N6O7S2. The van der Waals surface area contributed by atoms with Gasteiger partial charge in [0.1, 0.15) is 0 Å². The first-order valence-electron chi connectivity index (χ1n) is 13.3. The predicted octanol–water partition coefficient (Wildman–Crippen LogP) is 1.27. The molecule has 0 aliphatic carbocycles. The normalized spacial score (nSPS) is 20.3. The second-order valence-electron chi connectivity index (χ2n) is 9.83. The number of aromatic nitrogens is 1. The third-order valence-corrected chi connectivity index (χ3v) is 9.08. The lowest BCUT2D eigenvalue weighted by molar-refractivity contribution is -0.133. The average Bonchev–Trinajstić information content (AvgIpc) is 3.61. The number of sulfonamides is 1. The molecular weight excluding hydrogens is 572 g/mol. The number of nitrogens with zero attached hydrogens (tertiary/aromatic N) is 4. The van der Waals surface area contributed by atoms with Crippen LogP contribution in [0.25, 0.3) is 0 Å². The highest BCUT2D eigenvalue weighted by atomic mass is 32.2. The third-order valence-electron chi connectivity index (χ3n) is 6.70. The maximum atomic E-state index is 13.3. The number of rotatable bonds is 12. The van der Waals surface area contributed by atoms with Crippen molar-refractivity contribution in [2.45, 2.75) is 43.9 Å². The van der Waals surface area contributed by atoms with Gasteiger partial charge in [-0.1, -0.05) is 17.3 Å². The number of anilines is 1. The van der Waals surface area contributed by atoms with Crippen LogP contribution >= 0.6 is 11.3 Å². The van der Waals surface area contributed by atoms with Crippen molar-refractivity contribution >= 4 is 44.0 Å². The third kappa shape index (κ3) is 8.53. The molecule has 0 radical (unpaired) electrons. The number of thiazole rings is 1. The first-order valence-corrected chi connectivity index (χ1v) is 15.6. The van der Waals surface area contributed by atoms with Gasteiger partial charge in [-0.3, -0.25) is 19.8 Å². The molecule has 4 rings (SSSR count). The van der Waals surface area contributed by atoms with E-state index in [1.54, 1.807) is 13.1 Å². The second kappa shape index (κ2) is 14.3. The van der Waals surface area contributed by atoms with E-state index >= 15 is 0 Å². The summed E-state index contributed by atoms with van der Waals surface area (Å²) >= 11 is 1.36. The summed E-state index contributed by atoms with van der Waals surface area (Å²) in [7, 11) is -2.25. The molecule has 2 saturated heterocycles. The van der Waals surface area contributed by atoms with Crippen LogP contribution in [0.5, 0.6) is 0 Å². The number of hydrogen-bond donors (Lipinski definition) is 2. The maximum absolute atomic E-state index is 13.3. The van der Waals surface area contributed by atoms with Crippen molar-refractivity contribution in [3.8, 4) is 0 Å². The maximum Gasteiger partial charge on any atom is 0.280 e. The molecule has 2 N–H and O–H groups in total. The van der Waals surface area contributed by atoms with Crippen molar-refractivity contribution in [2.75, 3.05) is 58.4 Å². The monoisotopic (exact) mass is 608 g/mol. The zero-order valence-electron chi connectivity index (χ0n) is 23.4. The summed E-state index contributed by atoms with van der Waals surface area (Å²) in [5.74, 6) is -0.459. The van der Waals surface area contributed by atoms with Gasteiger partial charge in [0.25, 0.3) is 5.91 Å². The first kappa shape index (κ1) is 31.0. The van der Waals surface area contributed by atoms with Gasteiger partial charge in [0.15, 0.2) is 16.9 Å². The molecule has 0 spiro atoms. The van der Waals surface area contributed by atoms with Gasteiger partial charge < -0.3 is 19.2 Å². The van der Waals surface area contributed by atoms with E-state index in [1.807, 2.05) is 11.8 Å². The van der Waals surface area contributed by atoms with Gasteiger partial charge in [-0.15, -0.1) is 11.3 Å². The summed E-state index contributed by atoms with van der Waals surface area (Å²) in [6, 6.07) is 5.94. The Morgan fingerprint density at radius 2 is 2.02 bits per heavy atom. The lowest BCUT2D eigenvalue weighted by atomic mass is 10.1. The van der Waals surface area contributed by atoms with Crippen LogP contribution in [-0.2, 0) is 40.5 Å². The van der Waals surface area contributed by atoms with Crippen molar-refractivity contribution in [1.29, 1.82) is 0 Å². The van der Waals surface area contributed by atoms with Gasteiger partial charge in [0.2, 0.25) is 15.9 Å². The molecule has 13 nitrogen and oxygen atoms in total. The predicted molar refractivity (Wildman–Crippen MR) is 153 cm³/mol. The minimum Gasteiger partial charge on any atom is -0.389 e. The van der Waals surface area contributed by atoms with Crippen molar-refractivity contribution in [3.05, 3.63) is 40.9 Å². The van der Waals surface area contributed by atoms with Gasteiger partial charge in [-0.25, -0.2) is 18.1 Å². The van der Waals surface area contributed by atoms with Crippen LogP contribution in [0.1, 0.15) is 30.7 Å². The van der Waals surface area contributed by atoms with Crippen molar-refractivity contribution in [3.63, 3.8) is 0 Å². The van der Waals surface area contributed by atoms with Crippen LogP contribution in [0.2, 0.25) is 0 Å². The van der Waals surface area contributed by atoms with Crippen LogP contribution in [0.3, 0.4) is 0 Å². The minimum absolute atomic E-state index is 0.0147. The lowest BCUT2D eigenvalue weighted by Crippen LogP contribution is -2.52. The van der Waals surface area contributed by atoms with E-state index in [0.29, 0.717) is 43.4 Å². The Labute approximate surface area is 243 Å². The van der Waals surface area contributed by atoms with Gasteiger partial charge in [0.05, 0.1) is 24.7 Å². The molecule has 1 aromatic heterocycles. The molecule has 15 heteroatoms. The fourth-order valence-electron chi connectivity index (χ4n) is 4.56. The Morgan fingerprint density at radius 3 is 2.68 bits per heavy atom. The van der Waals surface area contributed by atoms with Gasteiger partial charge in [0, 0.05) is 75.9 Å². The van der Waals surface area contributed by atoms with Crippen molar-refractivity contribution in [2.24, 2.45) is 5.16 Å². The molecule has 41 heavy (non-hydrogen) atoms. The van der Waals surface area contributed by atoms with Crippen LogP contribution < -0.4 is 10.0 Å². The zero-order valence-corrected chi connectivity index (χ0v) is 25.0. The smallest absolute Gasteiger partial charge is 0.280 e. The van der Waals surface area contributed by atoms with Gasteiger partial charge in [-0.2, -0.15) is 0 Å². The molecule has 1 aromatic carbocycles. The van der Waals surface area contributed by atoms with Crippen molar-refractivity contribution in [1.82, 2.24) is 19.5 Å². The molecule has 2 amide bonds. The summed E-state index contributed by atoms with van der Waals surface area (Å²) in [6.07, 6.45) is 2.10. The Balaban J connectivity index is 1.44. The highest BCUT2D eigenvalue weighted by Gasteiger charge is 2.26. The number of hydrogen-bond acceptors (Lipinski definition) is 11. The van der Waals surface area contributed by atoms with E-state index in [2.05, 4.69) is 25.1 Å². The summed E-state index contributed by atoms with van der Waals surface area (Å²) in [5.41, 5.74) is 0.366. The second-order valence-corrected chi connectivity index (χ2v) is 12.7. The largest absolute Gasteiger partial charge is 0.389 e. The first-order chi connectivity index (χ1) is 19.7. The summed E-state index contributed by atoms with van der Waals surface area (Å²) in [6.45, 7) is 7.77. The fourth-order valence-corrected chi connectivity index (χ4v) is 6.42. The molecule has 0 bridgehead atoms. The van der Waals surface area contributed by atoms with E-state index < -0.39 is 15.9 Å². The van der Waals surface area contributed by atoms with E-state index in [4.69, 9.17) is 14.3 Å². The molecule has 0 unspecified atom stereocenters. The van der Waals surface area contributed by atoms with Crippen LogP contribution in [0.15, 0.2) is 40.5 Å². The Kier molecular flexibility index (Phi) is 10.8. The number of oxime groups is 1. The minimum atomic E-state index is -3.74. The molecule has 2 aliphatic rings. The molecule has 2 fully saturated rings. The molecule has 0 saturated carbocycles. The number of amides is 2. The Bertz CT molecular complexity index is 1330. The van der Waals surface area contributed by atoms with Gasteiger partial charge >= 0.3 is 0 Å². The number of ether oxygens (including phenoxy) is 2. The van der Waals surface area contributed by atoms with E-state index in [-0.39, 0.29) is 41.8 Å². The van der Waals surface area contributed by atoms with Crippen LogP contribution in [-0.4, -0.2) is 106 Å². The molecule has 2 aliphatic heterocycles. The van der Waals surface area contributed by atoms with Crippen LogP contribution in [0, 0.1) is 0 Å². The number of carbonyl (C=O) groups excluding carboxylic acids is 2. The highest BCUT2D eigenvalue weighted by molar-refractivity contribution is 7.89. The number of nitrogens with one attached hydrogen (secondary N) is 2. The molecule has 224 valence electrons. The average molecular weight is 609 g/mol. The SMILES string of the molecule is COCCNS(=O)(=O)c1ccc(C(=NO[C@@H]2CCOC2)C(=O)Nc2ncc(CN3CCN(C(C)=O)[C@@H](C)C3)s2)cc1. The molecule has 2 aromatic rings. The number of benzene rings is 1. The highest BCUT2D eigenvalue weighted by Crippen LogP contribution is 2.22. The van der Waals surface area contributed by atoms with Crippen molar-refractivity contribution < 1.29 is 32.3 Å². The molecule has 2 atom stereocenters. The lowest BCUT2D eigenvalue weighted by Gasteiger charge is -2.39. The Morgan fingerprint density at radius 1 is 1.24 bits per heavy atom. The zero-order chi connectivity index (χ0) is 29.4. The van der Waals surface area contributed by atoms with E-state index in [1.165, 1.54) is 42.7 Å². The summed E-state index contributed by atoms with van der Waals surface area (Å²) in [4.78, 5) is 40.2. The summed E-state index contributed by atoms with van der Waals surface area (Å²) < 4.78 is 37.7. The summed E-state index contributed by atoms with van der Waals surface area (Å²) in [5, 5.41) is 7.33. The fraction of sp³-hybridized carbons (Fsp3) is 0.538. The van der Waals surface area contributed by atoms with Gasteiger partial charge in [-0.05, 0) is 19.1 Å². The van der Waals surface area contributed by atoms with E-state index in [9.17, 15) is 18.0 Å². The number of methoxy groups -OCH3 is 1. The quantitative estimate of drug-likeness (QED) is 0.206. The number of piperazine rings is 1. The van der Waals surface area contributed by atoms with Crippen LogP contribution in [0.4, 0.5) is 5.13 Å². The number of carbonyl (C=O) groups is 2. The molecule has 3 heterocycles. The Hall–Kier alpha value is -2.95. The topological polar surface area (TPSA) is 152 Å².